The molecule has 78 valence electrons. The lowest BCUT2D eigenvalue weighted by molar-refractivity contribution is 0.0986. The maximum Gasteiger partial charge on any atom is 0.174 e. The third kappa shape index (κ3) is 2.73. The van der Waals surface area contributed by atoms with Crippen LogP contribution in [0.5, 0.6) is 0 Å². The van der Waals surface area contributed by atoms with Gasteiger partial charge in [-0.25, -0.2) is 4.98 Å². The van der Waals surface area contributed by atoms with Gasteiger partial charge >= 0.3 is 0 Å². The van der Waals surface area contributed by atoms with Crippen LogP contribution in [0.1, 0.15) is 26.7 Å². The lowest BCUT2D eigenvalue weighted by Gasteiger charge is -1.95. The topological polar surface area (TPSA) is 30.0 Å². The Morgan fingerprint density at radius 3 is 3.00 bits per heavy atom. The van der Waals surface area contributed by atoms with E-state index in [1.807, 2.05) is 12.3 Å². The summed E-state index contributed by atoms with van der Waals surface area (Å²) >= 11 is 3.15. The summed E-state index contributed by atoms with van der Waals surface area (Å²) < 4.78 is 0. The van der Waals surface area contributed by atoms with Gasteiger partial charge in [0.1, 0.15) is 0 Å². The summed E-state index contributed by atoms with van der Waals surface area (Å²) in [5.74, 6) is 0.201. The number of aryl methyl sites for hydroxylation is 2. The smallest absolute Gasteiger partial charge is 0.174 e. The highest BCUT2D eigenvalue weighted by Gasteiger charge is 2.09. The number of rotatable bonds is 4. The zero-order valence-corrected chi connectivity index (χ0v) is 10.0. The molecule has 2 aromatic rings. The third-order valence-electron chi connectivity index (χ3n) is 2.12. The Kier molecular flexibility index (Phi) is 3.28. The van der Waals surface area contributed by atoms with Gasteiger partial charge in [0.15, 0.2) is 5.78 Å². The minimum absolute atomic E-state index is 0.201. The lowest BCUT2D eigenvalue weighted by Crippen LogP contribution is -1.97. The molecule has 0 aromatic carbocycles. The van der Waals surface area contributed by atoms with Crippen molar-refractivity contribution in [3.8, 4) is 0 Å². The molecule has 0 radical (unpaired) electrons. The Hall–Kier alpha value is -1.00. The standard InChI is InChI=1S/C11H11NOS2/c1-8-12-6-11(15-8)10(13)3-2-9-4-5-14-7-9/h4-7H,2-3H2,1H3. The molecule has 15 heavy (non-hydrogen) atoms. The van der Waals surface area contributed by atoms with Crippen LogP contribution in [0.15, 0.2) is 23.0 Å². The Morgan fingerprint density at radius 2 is 2.40 bits per heavy atom. The van der Waals surface area contributed by atoms with Crippen molar-refractivity contribution < 1.29 is 4.79 Å². The summed E-state index contributed by atoms with van der Waals surface area (Å²) in [4.78, 5) is 16.6. The van der Waals surface area contributed by atoms with Crippen LogP contribution in [0, 0.1) is 6.92 Å². The van der Waals surface area contributed by atoms with Crippen LogP contribution < -0.4 is 0 Å². The van der Waals surface area contributed by atoms with Crippen molar-refractivity contribution in [2.75, 3.05) is 0 Å². The predicted molar refractivity (Wildman–Crippen MR) is 63.8 cm³/mol. The molecule has 0 spiro atoms. The quantitative estimate of drug-likeness (QED) is 0.763. The van der Waals surface area contributed by atoms with Crippen LogP contribution in [0.4, 0.5) is 0 Å². The van der Waals surface area contributed by atoms with Crippen molar-refractivity contribution in [3.05, 3.63) is 38.5 Å². The maximum absolute atomic E-state index is 11.7. The van der Waals surface area contributed by atoms with E-state index in [4.69, 9.17) is 0 Å². The van der Waals surface area contributed by atoms with E-state index in [0.29, 0.717) is 6.42 Å². The van der Waals surface area contributed by atoms with Crippen LogP contribution in [0.3, 0.4) is 0 Å². The third-order valence-corrected chi connectivity index (χ3v) is 3.80. The molecule has 0 N–H and O–H groups in total. The second kappa shape index (κ2) is 4.68. The van der Waals surface area contributed by atoms with Crippen molar-refractivity contribution in [1.82, 2.24) is 4.98 Å². The fraction of sp³-hybridized carbons (Fsp3) is 0.273. The number of thiazole rings is 1. The molecule has 0 amide bonds. The van der Waals surface area contributed by atoms with E-state index in [9.17, 15) is 4.79 Å². The highest BCUT2D eigenvalue weighted by atomic mass is 32.1. The minimum Gasteiger partial charge on any atom is -0.293 e. The van der Waals surface area contributed by atoms with E-state index >= 15 is 0 Å². The average molecular weight is 237 g/mol. The molecule has 0 atom stereocenters. The molecule has 2 heterocycles. The molecule has 4 heteroatoms. The Bertz CT molecular complexity index is 445. The predicted octanol–water partition coefficient (Wildman–Crippen LogP) is 3.33. The summed E-state index contributed by atoms with van der Waals surface area (Å²) in [6, 6.07) is 2.07. The number of carbonyl (C=O) groups is 1. The minimum atomic E-state index is 0.201. The largest absolute Gasteiger partial charge is 0.293 e. The highest BCUT2D eigenvalue weighted by Crippen LogP contribution is 2.16. The van der Waals surface area contributed by atoms with Gasteiger partial charge in [-0.15, -0.1) is 11.3 Å². The van der Waals surface area contributed by atoms with Crippen molar-refractivity contribution in [3.63, 3.8) is 0 Å². The molecule has 0 saturated heterocycles. The normalized spacial score (nSPS) is 10.5. The molecule has 0 aliphatic carbocycles. The van der Waals surface area contributed by atoms with Crippen LogP contribution >= 0.6 is 22.7 Å². The van der Waals surface area contributed by atoms with Crippen molar-refractivity contribution in [1.29, 1.82) is 0 Å². The van der Waals surface area contributed by atoms with E-state index in [1.54, 1.807) is 17.5 Å². The van der Waals surface area contributed by atoms with Gasteiger partial charge in [0.2, 0.25) is 0 Å². The number of aromatic nitrogens is 1. The molecule has 0 aliphatic heterocycles. The number of hydrogen-bond donors (Lipinski definition) is 0. The summed E-state index contributed by atoms with van der Waals surface area (Å²) in [5.41, 5.74) is 1.24. The second-order valence-corrected chi connectivity index (χ2v) is 5.31. The van der Waals surface area contributed by atoms with Gasteiger partial charge in [-0.2, -0.15) is 11.3 Å². The van der Waals surface area contributed by atoms with Gasteiger partial charge in [-0.3, -0.25) is 4.79 Å². The van der Waals surface area contributed by atoms with E-state index in [2.05, 4.69) is 16.4 Å². The molecule has 0 bridgehead atoms. The number of hydrogen-bond acceptors (Lipinski definition) is 4. The van der Waals surface area contributed by atoms with Crippen LogP contribution in [0.25, 0.3) is 0 Å². The molecule has 0 saturated carbocycles. The number of ketones is 1. The first-order chi connectivity index (χ1) is 7.25. The van der Waals surface area contributed by atoms with Crippen molar-refractivity contribution in [2.45, 2.75) is 19.8 Å². The Balaban J connectivity index is 1.93. The zero-order chi connectivity index (χ0) is 10.7. The number of carbonyl (C=O) groups excluding carboxylic acids is 1. The Morgan fingerprint density at radius 1 is 1.53 bits per heavy atom. The molecular weight excluding hydrogens is 226 g/mol. The van der Waals surface area contributed by atoms with Crippen LogP contribution in [-0.2, 0) is 6.42 Å². The molecule has 2 nitrogen and oxygen atoms in total. The number of Topliss-reactive ketones (excluding diaryl/α,β-unsaturated/α-hetero) is 1. The van der Waals surface area contributed by atoms with E-state index in [1.165, 1.54) is 16.9 Å². The van der Waals surface area contributed by atoms with E-state index in [-0.39, 0.29) is 5.78 Å². The van der Waals surface area contributed by atoms with Crippen LogP contribution in [-0.4, -0.2) is 10.8 Å². The van der Waals surface area contributed by atoms with Gasteiger partial charge in [0.25, 0.3) is 0 Å². The molecule has 2 rings (SSSR count). The summed E-state index contributed by atoms with van der Waals surface area (Å²) in [6.45, 7) is 1.92. The fourth-order valence-electron chi connectivity index (χ4n) is 1.31. The molecular formula is C11H11NOS2. The van der Waals surface area contributed by atoms with Crippen LogP contribution in [0.2, 0.25) is 0 Å². The monoisotopic (exact) mass is 237 g/mol. The molecule has 2 aromatic heterocycles. The van der Waals surface area contributed by atoms with E-state index in [0.717, 1.165) is 16.3 Å². The lowest BCUT2D eigenvalue weighted by atomic mass is 10.1. The number of nitrogens with zero attached hydrogens (tertiary/aromatic N) is 1. The van der Waals surface area contributed by atoms with Gasteiger partial charge in [-0.1, -0.05) is 0 Å². The fourth-order valence-corrected chi connectivity index (χ4v) is 2.75. The summed E-state index contributed by atoms with van der Waals surface area (Å²) in [7, 11) is 0. The number of thiophene rings is 1. The van der Waals surface area contributed by atoms with Gasteiger partial charge < -0.3 is 0 Å². The first-order valence-corrected chi connectivity index (χ1v) is 6.48. The first-order valence-electron chi connectivity index (χ1n) is 4.72. The zero-order valence-electron chi connectivity index (χ0n) is 8.40. The Labute approximate surface area is 96.6 Å². The first kappa shape index (κ1) is 10.5. The average Bonchev–Trinajstić information content (AvgIpc) is 2.84. The SMILES string of the molecule is Cc1ncc(C(=O)CCc2ccsc2)s1. The second-order valence-electron chi connectivity index (χ2n) is 3.30. The molecule has 0 fully saturated rings. The molecule has 0 unspecified atom stereocenters. The van der Waals surface area contributed by atoms with Crippen molar-refractivity contribution in [2.24, 2.45) is 0 Å². The summed E-state index contributed by atoms with van der Waals surface area (Å²) in [6.07, 6.45) is 3.09. The maximum atomic E-state index is 11.7. The van der Waals surface area contributed by atoms with Gasteiger partial charge in [0.05, 0.1) is 9.88 Å². The highest BCUT2D eigenvalue weighted by molar-refractivity contribution is 7.13. The van der Waals surface area contributed by atoms with Gasteiger partial charge in [-0.05, 0) is 35.7 Å². The van der Waals surface area contributed by atoms with Crippen molar-refractivity contribution >= 4 is 28.5 Å². The van der Waals surface area contributed by atoms with E-state index < -0.39 is 0 Å². The molecule has 0 aliphatic rings. The van der Waals surface area contributed by atoms with Gasteiger partial charge in [0, 0.05) is 12.6 Å². The summed E-state index contributed by atoms with van der Waals surface area (Å²) in [5, 5.41) is 5.08.